The molecule has 0 heterocycles. The smallest absolute Gasteiger partial charge is 0.222 e. The summed E-state index contributed by atoms with van der Waals surface area (Å²) in [5, 5.41) is 23.1. The summed E-state index contributed by atoms with van der Waals surface area (Å²) in [6.07, 6.45) is -0.991. The van der Waals surface area contributed by atoms with E-state index in [1.54, 1.807) is 18.2 Å². The normalized spacial score (nSPS) is 14.0. The van der Waals surface area contributed by atoms with Gasteiger partial charge in [-0.25, -0.2) is 0 Å². The van der Waals surface area contributed by atoms with Crippen LogP contribution in [0, 0.1) is 5.92 Å². The third-order valence-electron chi connectivity index (χ3n) is 3.18. The SMILES string of the molecule is CC(C)C(O)CCNC(=O)CC(O)c1cc(Cl)cc(Cl)c1. The number of aliphatic hydroxyl groups is 2. The topological polar surface area (TPSA) is 69.6 Å². The maximum absolute atomic E-state index is 11.7. The molecule has 3 N–H and O–H groups in total. The molecule has 0 spiro atoms. The minimum Gasteiger partial charge on any atom is -0.393 e. The molecule has 1 aromatic carbocycles. The highest BCUT2D eigenvalue weighted by Crippen LogP contribution is 2.25. The maximum Gasteiger partial charge on any atom is 0.222 e. The molecule has 4 nitrogen and oxygen atoms in total. The van der Waals surface area contributed by atoms with Gasteiger partial charge in [-0.2, -0.15) is 0 Å². The number of carbonyl (C=O) groups is 1. The van der Waals surface area contributed by atoms with E-state index in [0.717, 1.165) is 0 Å². The van der Waals surface area contributed by atoms with Gasteiger partial charge in [-0.05, 0) is 36.1 Å². The van der Waals surface area contributed by atoms with Crippen LogP contribution in [0.1, 0.15) is 38.4 Å². The van der Waals surface area contributed by atoms with Crippen LogP contribution in [0.25, 0.3) is 0 Å². The first-order valence-electron chi connectivity index (χ1n) is 6.88. The lowest BCUT2D eigenvalue weighted by atomic mass is 10.0. The van der Waals surface area contributed by atoms with Crippen molar-refractivity contribution < 1.29 is 15.0 Å². The van der Waals surface area contributed by atoms with Gasteiger partial charge in [-0.15, -0.1) is 0 Å². The number of carbonyl (C=O) groups excluding carboxylic acids is 1. The molecule has 0 aromatic heterocycles. The van der Waals surface area contributed by atoms with E-state index in [1.165, 1.54) is 0 Å². The van der Waals surface area contributed by atoms with Crippen LogP contribution in [0.4, 0.5) is 0 Å². The Bertz CT molecular complexity index is 460. The summed E-state index contributed by atoms with van der Waals surface area (Å²) >= 11 is 11.7. The van der Waals surface area contributed by atoms with Crippen LogP contribution in [-0.2, 0) is 4.79 Å². The third-order valence-corrected chi connectivity index (χ3v) is 3.62. The summed E-state index contributed by atoms with van der Waals surface area (Å²) in [7, 11) is 0. The van der Waals surface area contributed by atoms with Crippen LogP contribution in [-0.4, -0.2) is 28.8 Å². The lowest BCUT2D eigenvalue weighted by Crippen LogP contribution is -2.29. The summed E-state index contributed by atoms with van der Waals surface area (Å²) in [5.74, 6) is -0.129. The Hall–Kier alpha value is -0.810. The van der Waals surface area contributed by atoms with E-state index in [-0.39, 0.29) is 18.2 Å². The molecule has 0 fully saturated rings. The number of nitrogens with one attached hydrogen (secondary N) is 1. The molecular weight excluding hydrogens is 313 g/mol. The first kappa shape index (κ1) is 18.2. The van der Waals surface area contributed by atoms with Gasteiger partial charge in [0.2, 0.25) is 5.91 Å². The molecule has 1 aromatic rings. The zero-order chi connectivity index (χ0) is 16.0. The van der Waals surface area contributed by atoms with Crippen molar-refractivity contribution in [1.29, 1.82) is 0 Å². The Morgan fingerprint density at radius 3 is 2.29 bits per heavy atom. The molecule has 0 saturated carbocycles. The van der Waals surface area contributed by atoms with Crippen molar-refractivity contribution in [1.82, 2.24) is 5.32 Å². The molecule has 1 amide bonds. The summed E-state index contributed by atoms with van der Waals surface area (Å²) in [6.45, 7) is 4.21. The number of aliphatic hydroxyl groups excluding tert-OH is 2. The van der Waals surface area contributed by atoms with E-state index >= 15 is 0 Å². The highest BCUT2D eigenvalue weighted by atomic mass is 35.5. The van der Waals surface area contributed by atoms with Crippen LogP contribution < -0.4 is 5.32 Å². The van der Waals surface area contributed by atoms with Crippen LogP contribution in [0.3, 0.4) is 0 Å². The molecule has 21 heavy (non-hydrogen) atoms. The van der Waals surface area contributed by atoms with Crippen molar-refractivity contribution in [3.05, 3.63) is 33.8 Å². The molecule has 1 rings (SSSR count). The van der Waals surface area contributed by atoms with Gasteiger partial charge in [0.15, 0.2) is 0 Å². The van der Waals surface area contributed by atoms with Gasteiger partial charge in [-0.1, -0.05) is 37.0 Å². The second kappa shape index (κ2) is 8.59. The molecule has 2 unspecified atom stereocenters. The minimum atomic E-state index is -0.962. The Kier molecular flexibility index (Phi) is 7.46. The molecule has 0 aliphatic heterocycles. The second-order valence-corrected chi connectivity index (χ2v) is 6.25. The molecule has 118 valence electrons. The Labute approximate surface area is 135 Å². The van der Waals surface area contributed by atoms with Crippen molar-refractivity contribution in [3.8, 4) is 0 Å². The lowest BCUT2D eigenvalue weighted by molar-refractivity contribution is -0.123. The zero-order valence-corrected chi connectivity index (χ0v) is 13.7. The molecule has 0 bridgehead atoms. The summed E-state index contributed by atoms with van der Waals surface area (Å²) in [4.78, 5) is 11.7. The van der Waals surface area contributed by atoms with Crippen LogP contribution in [0.15, 0.2) is 18.2 Å². The van der Waals surface area contributed by atoms with Gasteiger partial charge in [0.05, 0.1) is 18.6 Å². The summed E-state index contributed by atoms with van der Waals surface area (Å²) < 4.78 is 0. The number of rotatable bonds is 7. The van der Waals surface area contributed by atoms with Crippen LogP contribution in [0.5, 0.6) is 0 Å². The van der Waals surface area contributed by atoms with Gasteiger partial charge in [0.25, 0.3) is 0 Å². The van der Waals surface area contributed by atoms with Gasteiger partial charge in [0, 0.05) is 16.6 Å². The largest absolute Gasteiger partial charge is 0.393 e. The predicted molar refractivity (Wildman–Crippen MR) is 84.5 cm³/mol. The highest BCUT2D eigenvalue weighted by molar-refractivity contribution is 6.34. The third kappa shape index (κ3) is 6.66. The number of amides is 1. The van der Waals surface area contributed by atoms with E-state index in [1.807, 2.05) is 13.8 Å². The van der Waals surface area contributed by atoms with Crippen molar-refractivity contribution in [2.24, 2.45) is 5.92 Å². The van der Waals surface area contributed by atoms with Crippen molar-refractivity contribution in [2.75, 3.05) is 6.54 Å². The van der Waals surface area contributed by atoms with E-state index < -0.39 is 12.2 Å². The quantitative estimate of drug-likeness (QED) is 0.718. The average molecular weight is 334 g/mol. The Balaban J connectivity index is 2.43. The number of hydrogen-bond donors (Lipinski definition) is 3. The van der Waals surface area contributed by atoms with Gasteiger partial charge in [0.1, 0.15) is 0 Å². The molecule has 0 saturated heterocycles. The standard InChI is InChI=1S/C15H21Cl2NO3/c1-9(2)13(19)3-4-18-15(21)8-14(20)10-5-11(16)7-12(17)6-10/h5-7,9,13-14,19-20H,3-4,8H2,1-2H3,(H,18,21). The van der Waals surface area contributed by atoms with E-state index in [2.05, 4.69) is 5.32 Å². The average Bonchev–Trinajstić information content (AvgIpc) is 2.37. The molecule has 0 aliphatic carbocycles. The van der Waals surface area contributed by atoms with Crippen molar-refractivity contribution in [2.45, 2.75) is 38.9 Å². The van der Waals surface area contributed by atoms with Gasteiger partial charge in [-0.3, -0.25) is 4.79 Å². The molecule has 2 atom stereocenters. The molecular formula is C15H21Cl2NO3. The zero-order valence-electron chi connectivity index (χ0n) is 12.1. The first-order chi connectivity index (χ1) is 9.79. The second-order valence-electron chi connectivity index (χ2n) is 5.37. The fraction of sp³-hybridized carbons (Fsp3) is 0.533. The number of hydrogen-bond acceptors (Lipinski definition) is 3. The van der Waals surface area contributed by atoms with E-state index in [9.17, 15) is 15.0 Å². The fourth-order valence-electron chi connectivity index (χ4n) is 1.83. The summed E-state index contributed by atoms with van der Waals surface area (Å²) in [6, 6.07) is 4.72. The maximum atomic E-state index is 11.7. The van der Waals surface area contributed by atoms with E-state index in [4.69, 9.17) is 23.2 Å². The van der Waals surface area contributed by atoms with E-state index in [0.29, 0.717) is 28.6 Å². The Morgan fingerprint density at radius 1 is 1.19 bits per heavy atom. The number of benzene rings is 1. The van der Waals surface area contributed by atoms with Crippen molar-refractivity contribution in [3.63, 3.8) is 0 Å². The van der Waals surface area contributed by atoms with Gasteiger partial charge >= 0.3 is 0 Å². The monoisotopic (exact) mass is 333 g/mol. The summed E-state index contributed by atoms with van der Waals surface area (Å²) in [5.41, 5.74) is 0.505. The molecule has 0 radical (unpaired) electrons. The minimum absolute atomic E-state index is 0.0750. The first-order valence-corrected chi connectivity index (χ1v) is 7.64. The molecule has 6 heteroatoms. The predicted octanol–water partition coefficient (Wildman–Crippen LogP) is 2.94. The lowest BCUT2D eigenvalue weighted by Gasteiger charge is -2.15. The fourth-order valence-corrected chi connectivity index (χ4v) is 2.37. The van der Waals surface area contributed by atoms with Crippen LogP contribution in [0.2, 0.25) is 10.0 Å². The number of halogens is 2. The van der Waals surface area contributed by atoms with Crippen molar-refractivity contribution >= 4 is 29.1 Å². The molecule has 0 aliphatic rings. The highest BCUT2D eigenvalue weighted by Gasteiger charge is 2.15. The van der Waals surface area contributed by atoms with Gasteiger partial charge < -0.3 is 15.5 Å². The van der Waals surface area contributed by atoms with Crippen LogP contribution >= 0.6 is 23.2 Å². The Morgan fingerprint density at radius 2 is 1.76 bits per heavy atom.